The molecule has 0 bridgehead atoms. The van der Waals surface area contributed by atoms with Gasteiger partial charge in [-0.25, -0.2) is 4.98 Å². The molecule has 0 fully saturated rings. The van der Waals surface area contributed by atoms with E-state index < -0.39 is 3.79 Å². The Morgan fingerprint density at radius 3 is 2.38 bits per heavy atom. The molecule has 3 nitrogen and oxygen atoms in total. The number of hydrogen-bond donors (Lipinski definition) is 0. The zero-order chi connectivity index (χ0) is 15.3. The summed E-state index contributed by atoms with van der Waals surface area (Å²) in [5, 5.41) is 0.643. The Labute approximate surface area is 142 Å². The quantitative estimate of drug-likeness (QED) is 0.662. The SMILES string of the molecule is Clc1ccc(Oc2cccc(COCC(Cl)(Cl)Cl)n2)cc1. The first-order valence-corrected chi connectivity index (χ1v) is 7.47. The van der Waals surface area contributed by atoms with Gasteiger partial charge in [-0.3, -0.25) is 0 Å². The van der Waals surface area contributed by atoms with Crippen LogP contribution in [0.4, 0.5) is 0 Å². The molecule has 0 unspecified atom stereocenters. The lowest BCUT2D eigenvalue weighted by Gasteiger charge is -2.11. The van der Waals surface area contributed by atoms with Crippen LogP contribution < -0.4 is 4.74 Å². The van der Waals surface area contributed by atoms with E-state index >= 15 is 0 Å². The topological polar surface area (TPSA) is 31.4 Å². The lowest BCUT2D eigenvalue weighted by Crippen LogP contribution is -2.13. The van der Waals surface area contributed by atoms with Gasteiger partial charge < -0.3 is 9.47 Å². The van der Waals surface area contributed by atoms with Gasteiger partial charge in [0.15, 0.2) is 0 Å². The molecule has 1 aromatic heterocycles. The van der Waals surface area contributed by atoms with Crippen molar-refractivity contribution >= 4 is 46.4 Å². The van der Waals surface area contributed by atoms with E-state index in [0.717, 1.165) is 0 Å². The second kappa shape index (κ2) is 7.52. The van der Waals surface area contributed by atoms with Crippen LogP contribution in [0.15, 0.2) is 42.5 Å². The van der Waals surface area contributed by atoms with Crippen molar-refractivity contribution < 1.29 is 9.47 Å². The summed E-state index contributed by atoms with van der Waals surface area (Å²) in [6.45, 7) is 0.216. The summed E-state index contributed by atoms with van der Waals surface area (Å²) in [4.78, 5) is 4.30. The van der Waals surface area contributed by atoms with Crippen LogP contribution >= 0.6 is 46.4 Å². The van der Waals surface area contributed by atoms with Gasteiger partial charge in [0, 0.05) is 11.1 Å². The molecule has 0 saturated carbocycles. The second-order valence-corrected chi connectivity index (χ2v) is 7.08. The van der Waals surface area contributed by atoms with Crippen LogP contribution in [0.1, 0.15) is 5.69 Å². The van der Waals surface area contributed by atoms with Crippen molar-refractivity contribution in [3.05, 3.63) is 53.2 Å². The number of ether oxygens (including phenoxy) is 2. The van der Waals surface area contributed by atoms with Gasteiger partial charge in [-0.05, 0) is 30.3 Å². The van der Waals surface area contributed by atoms with Crippen molar-refractivity contribution in [3.8, 4) is 11.6 Å². The predicted octanol–water partition coefficient (Wildman–Crippen LogP) is 5.41. The zero-order valence-corrected chi connectivity index (χ0v) is 13.8. The number of aromatic nitrogens is 1. The monoisotopic (exact) mass is 365 g/mol. The average molecular weight is 367 g/mol. The third kappa shape index (κ3) is 6.29. The van der Waals surface area contributed by atoms with E-state index in [-0.39, 0.29) is 13.2 Å². The highest BCUT2D eigenvalue weighted by molar-refractivity contribution is 6.67. The van der Waals surface area contributed by atoms with Crippen LogP contribution in [0.3, 0.4) is 0 Å². The van der Waals surface area contributed by atoms with Gasteiger partial charge in [-0.2, -0.15) is 0 Å². The number of rotatable bonds is 5. The second-order valence-electron chi connectivity index (χ2n) is 4.13. The summed E-state index contributed by atoms with van der Waals surface area (Å²) in [5.41, 5.74) is 0.677. The van der Waals surface area contributed by atoms with Gasteiger partial charge in [0.25, 0.3) is 0 Å². The molecule has 2 rings (SSSR count). The molecule has 0 radical (unpaired) electrons. The molecule has 0 aliphatic carbocycles. The molecule has 112 valence electrons. The Hall–Kier alpha value is -0.710. The minimum Gasteiger partial charge on any atom is -0.439 e. The highest BCUT2D eigenvalue weighted by Gasteiger charge is 2.19. The summed E-state index contributed by atoms with van der Waals surface area (Å²) in [7, 11) is 0. The lowest BCUT2D eigenvalue weighted by atomic mass is 10.3. The van der Waals surface area contributed by atoms with Crippen LogP contribution in [0.25, 0.3) is 0 Å². The maximum absolute atomic E-state index is 5.81. The maximum Gasteiger partial charge on any atom is 0.219 e. The molecule has 1 aromatic carbocycles. The summed E-state index contributed by atoms with van der Waals surface area (Å²) < 4.78 is 9.46. The van der Waals surface area contributed by atoms with Crippen LogP contribution in [0, 0.1) is 0 Å². The average Bonchev–Trinajstić information content (AvgIpc) is 2.40. The van der Waals surface area contributed by atoms with Crippen molar-refractivity contribution in [3.63, 3.8) is 0 Å². The molecule has 0 aliphatic rings. The van der Waals surface area contributed by atoms with Gasteiger partial charge in [-0.15, -0.1) is 0 Å². The van der Waals surface area contributed by atoms with Crippen LogP contribution in [-0.2, 0) is 11.3 Å². The van der Waals surface area contributed by atoms with E-state index in [0.29, 0.717) is 22.3 Å². The summed E-state index contributed by atoms with van der Waals surface area (Å²) in [6, 6.07) is 12.4. The first-order chi connectivity index (χ1) is 9.92. The summed E-state index contributed by atoms with van der Waals surface area (Å²) >= 11 is 22.6. The highest BCUT2D eigenvalue weighted by atomic mass is 35.6. The fourth-order valence-corrected chi connectivity index (χ4v) is 1.85. The molecular formula is C14H11Cl4NO2. The van der Waals surface area contributed by atoms with Crippen molar-refractivity contribution in [2.75, 3.05) is 6.61 Å². The Morgan fingerprint density at radius 2 is 1.71 bits per heavy atom. The molecule has 21 heavy (non-hydrogen) atoms. The van der Waals surface area contributed by atoms with Gasteiger partial charge in [-0.1, -0.05) is 52.5 Å². The zero-order valence-electron chi connectivity index (χ0n) is 10.7. The maximum atomic E-state index is 5.81. The number of pyridine rings is 1. The van der Waals surface area contributed by atoms with Gasteiger partial charge in [0.05, 0.1) is 18.9 Å². The van der Waals surface area contributed by atoms with Crippen LogP contribution in [-0.4, -0.2) is 15.4 Å². The van der Waals surface area contributed by atoms with E-state index in [1.807, 2.05) is 6.07 Å². The minimum absolute atomic E-state index is 0.0123. The molecule has 1 heterocycles. The van der Waals surface area contributed by atoms with Crippen molar-refractivity contribution in [2.24, 2.45) is 0 Å². The number of nitrogens with zero attached hydrogens (tertiary/aromatic N) is 1. The van der Waals surface area contributed by atoms with E-state index in [1.165, 1.54) is 0 Å². The predicted molar refractivity (Wildman–Crippen MR) is 85.7 cm³/mol. The van der Waals surface area contributed by atoms with Crippen LogP contribution in [0.5, 0.6) is 11.6 Å². The standard InChI is InChI=1S/C14H11Cl4NO2/c15-10-4-6-12(7-5-10)21-13-3-1-2-11(19-13)8-20-9-14(16,17)18/h1-7H,8-9H2. The third-order valence-electron chi connectivity index (χ3n) is 2.33. The first-order valence-electron chi connectivity index (χ1n) is 5.96. The Morgan fingerprint density at radius 1 is 1.00 bits per heavy atom. The first kappa shape index (κ1) is 16.7. The van der Waals surface area contributed by atoms with Crippen molar-refractivity contribution in [2.45, 2.75) is 10.4 Å². The number of alkyl halides is 3. The minimum atomic E-state index is -1.43. The van der Waals surface area contributed by atoms with Crippen LogP contribution in [0.2, 0.25) is 5.02 Å². The molecule has 0 saturated heterocycles. The highest BCUT2D eigenvalue weighted by Crippen LogP contribution is 2.26. The Bertz CT molecular complexity index is 584. The van der Waals surface area contributed by atoms with E-state index in [9.17, 15) is 0 Å². The van der Waals surface area contributed by atoms with Gasteiger partial charge >= 0.3 is 0 Å². The molecule has 0 amide bonds. The van der Waals surface area contributed by atoms with Crippen molar-refractivity contribution in [1.29, 1.82) is 0 Å². The number of halogens is 4. The summed E-state index contributed by atoms with van der Waals surface area (Å²) in [5.74, 6) is 1.10. The van der Waals surface area contributed by atoms with E-state index in [1.54, 1.807) is 36.4 Å². The van der Waals surface area contributed by atoms with Gasteiger partial charge in [0.2, 0.25) is 9.67 Å². The molecule has 0 atom stereocenters. The molecule has 2 aromatic rings. The lowest BCUT2D eigenvalue weighted by molar-refractivity contribution is 0.123. The third-order valence-corrected chi connectivity index (χ3v) is 2.91. The molecule has 0 N–H and O–H groups in total. The Balaban J connectivity index is 1.96. The Kier molecular flexibility index (Phi) is 5.97. The normalized spacial score (nSPS) is 11.4. The van der Waals surface area contributed by atoms with E-state index in [2.05, 4.69) is 4.98 Å². The van der Waals surface area contributed by atoms with Crippen molar-refractivity contribution in [1.82, 2.24) is 4.98 Å². The molecule has 0 spiro atoms. The fourth-order valence-electron chi connectivity index (χ4n) is 1.49. The fraction of sp³-hybridized carbons (Fsp3) is 0.214. The molecule has 7 heteroatoms. The van der Waals surface area contributed by atoms with Gasteiger partial charge in [0.1, 0.15) is 5.75 Å². The molecular weight excluding hydrogens is 356 g/mol. The molecule has 0 aliphatic heterocycles. The largest absolute Gasteiger partial charge is 0.439 e. The van der Waals surface area contributed by atoms with E-state index in [4.69, 9.17) is 55.9 Å². The number of benzene rings is 1. The smallest absolute Gasteiger partial charge is 0.219 e. The summed E-state index contributed by atoms with van der Waals surface area (Å²) in [6.07, 6.45) is 0. The number of hydrogen-bond acceptors (Lipinski definition) is 3.